The van der Waals surface area contributed by atoms with Crippen LogP contribution in [0.25, 0.3) is 0 Å². The molecule has 24 heavy (non-hydrogen) atoms. The topological polar surface area (TPSA) is 81.8 Å². The third-order valence-electron chi connectivity index (χ3n) is 4.11. The first kappa shape index (κ1) is 16.3. The summed E-state index contributed by atoms with van der Waals surface area (Å²) in [5.74, 6) is -3.48. The first-order valence-electron chi connectivity index (χ1n) is 7.50. The second kappa shape index (κ2) is 6.50. The molecule has 1 saturated heterocycles. The zero-order valence-electron chi connectivity index (χ0n) is 12.6. The van der Waals surface area contributed by atoms with Gasteiger partial charge in [-0.15, -0.1) is 0 Å². The van der Waals surface area contributed by atoms with Crippen molar-refractivity contribution in [2.75, 3.05) is 13.1 Å². The van der Waals surface area contributed by atoms with Gasteiger partial charge in [-0.3, -0.25) is 9.78 Å². The van der Waals surface area contributed by atoms with Gasteiger partial charge in [0.15, 0.2) is 11.6 Å². The van der Waals surface area contributed by atoms with E-state index in [4.69, 9.17) is 0 Å². The van der Waals surface area contributed by atoms with Crippen LogP contribution in [0.2, 0.25) is 0 Å². The van der Waals surface area contributed by atoms with E-state index in [1.807, 2.05) is 0 Å². The average Bonchev–Trinajstić information content (AvgIpc) is 2.99. The molecule has 0 spiro atoms. The van der Waals surface area contributed by atoms with E-state index < -0.39 is 23.1 Å². The van der Waals surface area contributed by atoms with Crippen molar-refractivity contribution in [2.45, 2.75) is 25.2 Å². The Morgan fingerprint density at radius 1 is 1.25 bits per heavy atom. The van der Waals surface area contributed by atoms with Gasteiger partial charge in [-0.25, -0.2) is 23.1 Å². The number of halogens is 3. The molecule has 2 heterocycles. The van der Waals surface area contributed by atoms with E-state index in [1.165, 1.54) is 4.90 Å². The van der Waals surface area contributed by atoms with E-state index >= 15 is 0 Å². The van der Waals surface area contributed by atoms with E-state index in [0.29, 0.717) is 37.5 Å². The molecule has 1 atom stereocenters. The molecular formula is C15H15F3N4O2. The smallest absolute Gasteiger partial charge is 0.340 e. The Morgan fingerprint density at radius 3 is 2.71 bits per heavy atom. The molecule has 1 aromatic carbocycles. The lowest BCUT2D eigenvalue weighted by Crippen LogP contribution is -2.40. The third-order valence-corrected chi connectivity index (χ3v) is 4.11. The second-order valence-electron chi connectivity index (χ2n) is 5.78. The van der Waals surface area contributed by atoms with Gasteiger partial charge >= 0.3 is 5.69 Å². The average molecular weight is 340 g/mol. The van der Waals surface area contributed by atoms with Crippen molar-refractivity contribution < 1.29 is 18.0 Å². The highest BCUT2D eigenvalue weighted by Crippen LogP contribution is 2.24. The van der Waals surface area contributed by atoms with Gasteiger partial charge in [0.1, 0.15) is 11.6 Å². The Morgan fingerprint density at radius 2 is 2.00 bits per heavy atom. The van der Waals surface area contributed by atoms with Crippen molar-refractivity contribution in [3.63, 3.8) is 0 Å². The Hall–Kier alpha value is -2.58. The Balaban J connectivity index is 1.71. The largest absolute Gasteiger partial charge is 0.342 e. The van der Waals surface area contributed by atoms with Crippen molar-refractivity contribution in [3.05, 3.63) is 51.5 Å². The van der Waals surface area contributed by atoms with Gasteiger partial charge < -0.3 is 4.90 Å². The molecule has 1 fully saturated rings. The predicted molar refractivity (Wildman–Crippen MR) is 77.8 cm³/mol. The zero-order valence-corrected chi connectivity index (χ0v) is 12.6. The quantitative estimate of drug-likeness (QED) is 0.830. The number of hydrogen-bond donors (Lipinski definition) is 2. The molecule has 0 radical (unpaired) electrons. The minimum absolute atomic E-state index is 0.128. The number of amides is 1. The number of piperidine rings is 1. The molecule has 0 saturated carbocycles. The number of carbonyl (C=O) groups is 1. The molecule has 1 amide bonds. The number of aromatic nitrogens is 3. The minimum atomic E-state index is -1.29. The van der Waals surface area contributed by atoms with Gasteiger partial charge in [-0.1, -0.05) is 0 Å². The fourth-order valence-corrected chi connectivity index (χ4v) is 2.88. The highest BCUT2D eigenvalue weighted by Gasteiger charge is 2.27. The van der Waals surface area contributed by atoms with Gasteiger partial charge in [-0.05, 0) is 18.9 Å². The SMILES string of the molecule is O=C(Cc1cc(F)c(F)cc1F)N1CCCC(c2n[nH]c(=O)[nH]2)C1. The molecule has 0 aliphatic carbocycles. The lowest BCUT2D eigenvalue weighted by molar-refractivity contribution is -0.131. The summed E-state index contributed by atoms with van der Waals surface area (Å²) in [6.07, 6.45) is 1.10. The Bertz CT molecular complexity index is 817. The van der Waals surface area contributed by atoms with E-state index in [0.717, 1.165) is 6.42 Å². The van der Waals surface area contributed by atoms with Crippen LogP contribution in [0.3, 0.4) is 0 Å². The minimum Gasteiger partial charge on any atom is -0.342 e. The van der Waals surface area contributed by atoms with Gasteiger partial charge in [0.25, 0.3) is 0 Å². The third kappa shape index (κ3) is 3.34. The van der Waals surface area contributed by atoms with Crippen LogP contribution in [0.15, 0.2) is 16.9 Å². The summed E-state index contributed by atoms with van der Waals surface area (Å²) < 4.78 is 39.8. The predicted octanol–water partition coefficient (Wildman–Crippen LogP) is 1.46. The van der Waals surface area contributed by atoms with Crippen LogP contribution < -0.4 is 5.69 Å². The number of hydrogen-bond acceptors (Lipinski definition) is 3. The van der Waals surface area contributed by atoms with Crippen molar-refractivity contribution >= 4 is 5.91 Å². The number of likely N-dealkylation sites (tertiary alicyclic amines) is 1. The monoisotopic (exact) mass is 340 g/mol. The second-order valence-corrected chi connectivity index (χ2v) is 5.78. The Labute approximate surface area is 134 Å². The molecule has 9 heteroatoms. The molecule has 1 aromatic heterocycles. The molecule has 2 aromatic rings. The summed E-state index contributed by atoms with van der Waals surface area (Å²) in [4.78, 5) is 27.5. The maximum atomic E-state index is 13.7. The normalized spacial score (nSPS) is 18.0. The first-order valence-corrected chi connectivity index (χ1v) is 7.50. The molecule has 1 aliphatic rings. The highest BCUT2D eigenvalue weighted by atomic mass is 19.2. The van der Waals surface area contributed by atoms with Crippen LogP contribution in [0.1, 0.15) is 30.1 Å². The van der Waals surface area contributed by atoms with Crippen molar-refractivity contribution in [1.29, 1.82) is 0 Å². The van der Waals surface area contributed by atoms with Gasteiger partial charge in [0.05, 0.1) is 6.42 Å². The molecule has 1 unspecified atom stereocenters. The van der Waals surface area contributed by atoms with Gasteiger partial charge in [0, 0.05) is 30.6 Å². The number of benzene rings is 1. The first-order chi connectivity index (χ1) is 11.4. The van der Waals surface area contributed by atoms with Crippen LogP contribution in [-0.2, 0) is 11.2 Å². The summed E-state index contributed by atoms with van der Waals surface area (Å²) in [6.45, 7) is 0.806. The van der Waals surface area contributed by atoms with Gasteiger partial charge in [-0.2, -0.15) is 5.10 Å². The molecule has 6 nitrogen and oxygen atoms in total. The molecule has 0 bridgehead atoms. The number of rotatable bonds is 3. The number of nitrogens with zero attached hydrogens (tertiary/aromatic N) is 2. The van der Waals surface area contributed by atoms with Crippen molar-refractivity contribution in [3.8, 4) is 0 Å². The Kier molecular flexibility index (Phi) is 4.41. The number of nitrogens with one attached hydrogen (secondary N) is 2. The van der Waals surface area contributed by atoms with E-state index in [-0.39, 0.29) is 23.8 Å². The summed E-state index contributed by atoms with van der Waals surface area (Å²) >= 11 is 0. The molecular weight excluding hydrogens is 325 g/mol. The van der Waals surface area contributed by atoms with Crippen molar-refractivity contribution in [1.82, 2.24) is 20.1 Å². The lowest BCUT2D eigenvalue weighted by Gasteiger charge is -2.31. The van der Waals surface area contributed by atoms with E-state index in [1.54, 1.807) is 0 Å². The number of aromatic amines is 2. The summed E-state index contributed by atoms with van der Waals surface area (Å²) in [5, 5.41) is 6.15. The van der Waals surface area contributed by atoms with Crippen LogP contribution in [0, 0.1) is 17.5 Å². The van der Waals surface area contributed by atoms with E-state index in [2.05, 4.69) is 15.2 Å². The summed E-state index contributed by atoms with van der Waals surface area (Å²) in [5.41, 5.74) is -0.605. The van der Waals surface area contributed by atoms with Crippen LogP contribution in [0.4, 0.5) is 13.2 Å². The van der Waals surface area contributed by atoms with Crippen LogP contribution >= 0.6 is 0 Å². The number of H-pyrrole nitrogens is 2. The van der Waals surface area contributed by atoms with Crippen LogP contribution in [-0.4, -0.2) is 39.1 Å². The molecule has 2 N–H and O–H groups in total. The standard InChI is InChI=1S/C15H15F3N4O2/c16-10-6-12(18)11(17)4-9(10)5-13(23)22-3-1-2-8(7-22)14-19-15(24)21-20-14/h4,6,8H,1-3,5,7H2,(H2,19,20,21,24). The summed E-state index contributed by atoms with van der Waals surface area (Å²) in [6, 6.07) is 1.14. The fraction of sp³-hybridized carbons (Fsp3) is 0.400. The zero-order chi connectivity index (χ0) is 17.3. The van der Waals surface area contributed by atoms with Crippen molar-refractivity contribution in [2.24, 2.45) is 0 Å². The fourth-order valence-electron chi connectivity index (χ4n) is 2.88. The lowest BCUT2D eigenvalue weighted by atomic mass is 9.96. The number of carbonyl (C=O) groups excluding carboxylic acids is 1. The highest BCUT2D eigenvalue weighted by molar-refractivity contribution is 5.79. The van der Waals surface area contributed by atoms with Gasteiger partial charge in [0.2, 0.25) is 5.91 Å². The van der Waals surface area contributed by atoms with E-state index in [9.17, 15) is 22.8 Å². The van der Waals surface area contributed by atoms with Crippen LogP contribution in [0.5, 0.6) is 0 Å². The molecule has 128 valence electrons. The molecule has 3 rings (SSSR count). The molecule has 1 aliphatic heterocycles. The maximum Gasteiger partial charge on any atom is 0.340 e. The maximum absolute atomic E-state index is 13.7. The summed E-state index contributed by atoms with van der Waals surface area (Å²) in [7, 11) is 0.